The summed E-state index contributed by atoms with van der Waals surface area (Å²) in [6.45, 7) is 10.7. The molecule has 0 unspecified atom stereocenters. The van der Waals surface area contributed by atoms with E-state index in [-0.39, 0.29) is 24.8 Å². The second kappa shape index (κ2) is 13.3. The van der Waals surface area contributed by atoms with Gasteiger partial charge >= 0.3 is 0 Å². The average molecular weight is 379 g/mol. The highest BCUT2D eigenvalue weighted by Gasteiger charge is 2.09. The van der Waals surface area contributed by atoms with Gasteiger partial charge in [0.05, 0.1) is 20.3 Å². The van der Waals surface area contributed by atoms with Crippen molar-refractivity contribution in [2.75, 3.05) is 53.1 Å². The van der Waals surface area contributed by atoms with Crippen molar-refractivity contribution >= 4 is 24.8 Å². The second-order valence-corrected chi connectivity index (χ2v) is 5.22. The first-order chi connectivity index (χ1) is 10.8. The van der Waals surface area contributed by atoms with Crippen LogP contribution in [0.15, 0.2) is 30.9 Å². The normalized spacial score (nSPS) is 14.2. The molecule has 1 aliphatic rings. The van der Waals surface area contributed by atoms with Crippen molar-refractivity contribution in [1.29, 1.82) is 0 Å². The molecule has 7 heteroatoms. The zero-order valence-electron chi connectivity index (χ0n) is 14.2. The van der Waals surface area contributed by atoms with Gasteiger partial charge in [-0.25, -0.2) is 0 Å². The summed E-state index contributed by atoms with van der Waals surface area (Å²) < 4.78 is 16.3. The highest BCUT2D eigenvalue weighted by Crippen LogP contribution is 2.27. The Labute approximate surface area is 157 Å². The summed E-state index contributed by atoms with van der Waals surface area (Å²) in [6, 6.07) is 6.02. The van der Waals surface area contributed by atoms with Gasteiger partial charge in [-0.05, 0) is 17.7 Å². The molecule has 0 amide bonds. The van der Waals surface area contributed by atoms with Gasteiger partial charge in [0.15, 0.2) is 11.5 Å². The Bertz CT molecular complexity index is 469. The van der Waals surface area contributed by atoms with Crippen LogP contribution in [-0.4, -0.2) is 58.0 Å². The molecule has 1 heterocycles. The molecule has 1 aromatic carbocycles. The van der Waals surface area contributed by atoms with Crippen LogP contribution in [-0.2, 0) is 11.3 Å². The maximum atomic E-state index is 5.56. The number of nitrogens with zero attached hydrogens (tertiary/aromatic N) is 1. The molecule has 2 rings (SSSR count). The van der Waals surface area contributed by atoms with Gasteiger partial charge in [0, 0.05) is 32.7 Å². The second-order valence-electron chi connectivity index (χ2n) is 5.22. The maximum Gasteiger partial charge on any atom is 0.161 e. The van der Waals surface area contributed by atoms with E-state index in [2.05, 4.69) is 22.9 Å². The van der Waals surface area contributed by atoms with Crippen LogP contribution in [0.5, 0.6) is 11.5 Å². The number of morpholine rings is 1. The van der Waals surface area contributed by atoms with Crippen LogP contribution in [0, 0.1) is 0 Å². The number of methoxy groups -OCH3 is 1. The summed E-state index contributed by atoms with van der Waals surface area (Å²) in [7, 11) is 1.66. The quantitative estimate of drug-likeness (QED) is 0.528. The van der Waals surface area contributed by atoms with E-state index in [0.717, 1.165) is 57.4 Å². The van der Waals surface area contributed by atoms with E-state index in [1.165, 1.54) is 5.56 Å². The molecule has 0 aromatic heterocycles. The lowest BCUT2D eigenvalue weighted by Gasteiger charge is -2.26. The Kier molecular flexibility index (Phi) is 12.8. The molecule has 1 aliphatic heterocycles. The third kappa shape index (κ3) is 7.73. The van der Waals surface area contributed by atoms with Crippen molar-refractivity contribution < 1.29 is 14.2 Å². The lowest BCUT2D eigenvalue weighted by Crippen LogP contribution is -2.40. The monoisotopic (exact) mass is 378 g/mol. The Morgan fingerprint density at radius 1 is 1.25 bits per heavy atom. The molecule has 5 nitrogen and oxygen atoms in total. The summed E-state index contributed by atoms with van der Waals surface area (Å²) in [5, 5.41) is 3.47. The van der Waals surface area contributed by atoms with Gasteiger partial charge in [-0.1, -0.05) is 18.7 Å². The smallest absolute Gasteiger partial charge is 0.161 e. The predicted octanol–water partition coefficient (Wildman–Crippen LogP) is 2.53. The minimum atomic E-state index is 0. The Hall–Kier alpha value is -0.980. The van der Waals surface area contributed by atoms with Crippen molar-refractivity contribution in [1.82, 2.24) is 10.2 Å². The summed E-state index contributed by atoms with van der Waals surface area (Å²) in [5.41, 5.74) is 1.18. The fourth-order valence-corrected chi connectivity index (χ4v) is 2.38. The van der Waals surface area contributed by atoms with Crippen LogP contribution >= 0.6 is 24.8 Å². The van der Waals surface area contributed by atoms with E-state index in [0.29, 0.717) is 6.61 Å². The first kappa shape index (κ1) is 23.0. The average Bonchev–Trinajstić information content (AvgIpc) is 2.58. The van der Waals surface area contributed by atoms with Gasteiger partial charge < -0.3 is 19.5 Å². The third-order valence-electron chi connectivity index (χ3n) is 3.62. The Balaban J connectivity index is 0.00000264. The number of rotatable bonds is 9. The lowest BCUT2D eigenvalue weighted by molar-refractivity contribution is 0.0384. The van der Waals surface area contributed by atoms with E-state index in [1.807, 2.05) is 12.1 Å². The molecule has 1 N–H and O–H groups in total. The van der Waals surface area contributed by atoms with Gasteiger partial charge in [-0.3, -0.25) is 4.90 Å². The first-order valence-corrected chi connectivity index (χ1v) is 7.75. The van der Waals surface area contributed by atoms with E-state index in [9.17, 15) is 0 Å². The number of hydrogen-bond donors (Lipinski definition) is 1. The molecule has 0 saturated carbocycles. The van der Waals surface area contributed by atoms with E-state index in [1.54, 1.807) is 13.2 Å². The lowest BCUT2D eigenvalue weighted by atomic mass is 10.2. The molecule has 0 spiro atoms. The molecule has 1 saturated heterocycles. The Morgan fingerprint density at radius 3 is 2.67 bits per heavy atom. The number of ether oxygens (including phenoxy) is 3. The zero-order valence-corrected chi connectivity index (χ0v) is 15.8. The van der Waals surface area contributed by atoms with Gasteiger partial charge in [-0.15, -0.1) is 24.8 Å². The summed E-state index contributed by atoms with van der Waals surface area (Å²) in [5.74, 6) is 1.51. The predicted molar refractivity (Wildman–Crippen MR) is 102 cm³/mol. The molecule has 0 radical (unpaired) electrons. The molecule has 1 aromatic rings. The number of nitrogens with one attached hydrogen (secondary N) is 1. The van der Waals surface area contributed by atoms with Crippen LogP contribution in [0.25, 0.3) is 0 Å². The van der Waals surface area contributed by atoms with Crippen LogP contribution in [0.3, 0.4) is 0 Å². The van der Waals surface area contributed by atoms with E-state index < -0.39 is 0 Å². The van der Waals surface area contributed by atoms with Gasteiger partial charge in [0.2, 0.25) is 0 Å². The largest absolute Gasteiger partial charge is 0.493 e. The molecule has 1 fully saturated rings. The molecule has 0 atom stereocenters. The number of benzene rings is 1. The minimum absolute atomic E-state index is 0. The van der Waals surface area contributed by atoms with Crippen molar-refractivity contribution in [2.45, 2.75) is 6.54 Å². The maximum absolute atomic E-state index is 5.56. The third-order valence-corrected chi connectivity index (χ3v) is 3.62. The van der Waals surface area contributed by atoms with Gasteiger partial charge in [0.25, 0.3) is 0 Å². The summed E-state index contributed by atoms with van der Waals surface area (Å²) in [6.07, 6.45) is 1.72. The zero-order chi connectivity index (χ0) is 15.6. The van der Waals surface area contributed by atoms with Crippen molar-refractivity contribution in [3.63, 3.8) is 0 Å². The minimum Gasteiger partial charge on any atom is -0.493 e. The van der Waals surface area contributed by atoms with Crippen LogP contribution in [0.4, 0.5) is 0 Å². The van der Waals surface area contributed by atoms with Crippen LogP contribution < -0.4 is 14.8 Å². The fraction of sp³-hybridized carbons (Fsp3) is 0.529. The number of halogens is 2. The molecular weight excluding hydrogens is 351 g/mol. The number of hydrogen-bond acceptors (Lipinski definition) is 5. The van der Waals surface area contributed by atoms with Gasteiger partial charge in [-0.2, -0.15) is 0 Å². The molecule has 0 aliphatic carbocycles. The van der Waals surface area contributed by atoms with E-state index in [4.69, 9.17) is 14.2 Å². The first-order valence-electron chi connectivity index (χ1n) is 7.75. The summed E-state index contributed by atoms with van der Waals surface area (Å²) >= 11 is 0. The standard InChI is InChI=1S/C17H26N2O3.2ClH/c1-3-10-22-16-5-4-15(13-17(16)20-2)14-18-6-7-19-8-11-21-12-9-19;;/h3-5,13,18H,1,6-12,14H2,2H3;2*1H. The molecule has 0 bridgehead atoms. The Morgan fingerprint density at radius 2 is 2.00 bits per heavy atom. The fourth-order valence-electron chi connectivity index (χ4n) is 2.38. The topological polar surface area (TPSA) is 43.0 Å². The van der Waals surface area contributed by atoms with E-state index >= 15 is 0 Å². The SMILES string of the molecule is C=CCOc1ccc(CNCCN2CCOCC2)cc1OC.Cl.Cl. The molecule has 24 heavy (non-hydrogen) atoms. The summed E-state index contributed by atoms with van der Waals surface area (Å²) in [4.78, 5) is 2.42. The van der Waals surface area contributed by atoms with Gasteiger partial charge in [0.1, 0.15) is 6.61 Å². The van der Waals surface area contributed by atoms with Crippen LogP contribution in [0.1, 0.15) is 5.56 Å². The van der Waals surface area contributed by atoms with Crippen molar-refractivity contribution in [2.24, 2.45) is 0 Å². The highest BCUT2D eigenvalue weighted by atomic mass is 35.5. The van der Waals surface area contributed by atoms with Crippen LogP contribution in [0.2, 0.25) is 0 Å². The highest BCUT2D eigenvalue weighted by molar-refractivity contribution is 5.85. The van der Waals surface area contributed by atoms with Crippen molar-refractivity contribution in [3.05, 3.63) is 36.4 Å². The van der Waals surface area contributed by atoms with Crippen molar-refractivity contribution in [3.8, 4) is 11.5 Å². The molecule has 138 valence electrons. The molecular formula is C17H28Cl2N2O3.